The van der Waals surface area contributed by atoms with Crippen LogP contribution >= 0.6 is 0 Å². The predicted octanol–water partition coefficient (Wildman–Crippen LogP) is 4.62. The van der Waals surface area contributed by atoms with Crippen molar-refractivity contribution in [3.05, 3.63) is 89.9 Å². The van der Waals surface area contributed by atoms with E-state index in [1.807, 2.05) is 43.3 Å². The molecule has 0 saturated heterocycles. The first kappa shape index (κ1) is 14.7. The topological polar surface area (TPSA) is 48.9 Å². The number of aromatic amines is 1. The highest BCUT2D eigenvalue weighted by molar-refractivity contribution is 5.86. The van der Waals surface area contributed by atoms with Crippen LogP contribution in [0, 0.1) is 6.92 Å². The van der Waals surface area contributed by atoms with Crippen LogP contribution in [0.15, 0.2) is 72.9 Å². The third-order valence-electron chi connectivity index (χ3n) is 4.31. The number of nitrogens with one attached hydrogen (secondary N) is 1. The van der Waals surface area contributed by atoms with Gasteiger partial charge in [0.05, 0.1) is 11.9 Å². The molecule has 118 valence electrons. The SMILES string of the molecule is Cc1ccc(C(O)c2ncc(-c3ccc4ccccc4c3)[nH]2)cc1. The molecule has 1 unspecified atom stereocenters. The lowest BCUT2D eigenvalue weighted by Gasteiger charge is -2.08. The maximum absolute atomic E-state index is 10.5. The van der Waals surface area contributed by atoms with E-state index in [2.05, 4.69) is 40.3 Å². The van der Waals surface area contributed by atoms with Gasteiger partial charge in [-0.05, 0) is 29.3 Å². The highest BCUT2D eigenvalue weighted by Gasteiger charge is 2.14. The third-order valence-corrected chi connectivity index (χ3v) is 4.31. The number of hydrogen-bond donors (Lipinski definition) is 2. The molecule has 0 radical (unpaired) electrons. The van der Waals surface area contributed by atoms with Crippen LogP contribution in [0.3, 0.4) is 0 Å². The summed E-state index contributed by atoms with van der Waals surface area (Å²) in [6.07, 6.45) is 1.02. The number of fused-ring (bicyclic) bond motifs is 1. The quantitative estimate of drug-likeness (QED) is 0.579. The van der Waals surface area contributed by atoms with Crippen LogP contribution in [-0.4, -0.2) is 15.1 Å². The first-order valence-corrected chi connectivity index (χ1v) is 7.99. The second kappa shape index (κ2) is 5.95. The Morgan fingerprint density at radius 2 is 1.67 bits per heavy atom. The molecule has 0 amide bonds. The van der Waals surface area contributed by atoms with Crippen LogP contribution in [0.5, 0.6) is 0 Å². The molecule has 1 atom stereocenters. The fourth-order valence-electron chi connectivity index (χ4n) is 2.89. The molecule has 3 nitrogen and oxygen atoms in total. The van der Waals surface area contributed by atoms with Crippen LogP contribution < -0.4 is 0 Å². The van der Waals surface area contributed by atoms with Crippen molar-refractivity contribution in [1.82, 2.24) is 9.97 Å². The summed E-state index contributed by atoms with van der Waals surface area (Å²) in [4.78, 5) is 7.61. The van der Waals surface area contributed by atoms with E-state index in [0.717, 1.165) is 16.8 Å². The van der Waals surface area contributed by atoms with Crippen molar-refractivity contribution in [1.29, 1.82) is 0 Å². The maximum atomic E-state index is 10.5. The van der Waals surface area contributed by atoms with E-state index in [1.165, 1.54) is 16.3 Å². The normalized spacial score (nSPS) is 12.4. The lowest BCUT2D eigenvalue weighted by Crippen LogP contribution is -2.01. The average molecular weight is 314 g/mol. The summed E-state index contributed by atoms with van der Waals surface area (Å²) in [6.45, 7) is 2.03. The fraction of sp³-hybridized carbons (Fsp3) is 0.0952. The summed E-state index contributed by atoms with van der Waals surface area (Å²) in [7, 11) is 0. The van der Waals surface area contributed by atoms with E-state index in [0.29, 0.717) is 5.82 Å². The summed E-state index contributed by atoms with van der Waals surface area (Å²) < 4.78 is 0. The first-order chi connectivity index (χ1) is 11.7. The Bertz CT molecular complexity index is 986. The van der Waals surface area contributed by atoms with Crippen molar-refractivity contribution < 1.29 is 5.11 Å². The minimum atomic E-state index is -0.750. The minimum Gasteiger partial charge on any atom is -0.380 e. The molecule has 0 aliphatic rings. The molecule has 2 N–H and O–H groups in total. The second-order valence-electron chi connectivity index (χ2n) is 6.06. The van der Waals surface area contributed by atoms with E-state index in [9.17, 15) is 5.11 Å². The molecule has 4 rings (SSSR count). The zero-order valence-corrected chi connectivity index (χ0v) is 13.4. The van der Waals surface area contributed by atoms with Gasteiger partial charge in [-0.15, -0.1) is 0 Å². The Morgan fingerprint density at radius 3 is 2.46 bits per heavy atom. The highest BCUT2D eigenvalue weighted by atomic mass is 16.3. The van der Waals surface area contributed by atoms with Gasteiger partial charge in [0, 0.05) is 5.56 Å². The lowest BCUT2D eigenvalue weighted by molar-refractivity contribution is 0.211. The molecule has 4 aromatic rings. The Kier molecular flexibility index (Phi) is 3.63. The molecule has 3 heteroatoms. The molecule has 0 bridgehead atoms. The summed E-state index contributed by atoms with van der Waals surface area (Å²) in [5, 5.41) is 12.9. The molecule has 24 heavy (non-hydrogen) atoms. The standard InChI is InChI=1S/C21H18N2O/c1-14-6-8-16(9-7-14)20(24)21-22-13-19(23-21)18-11-10-15-4-2-3-5-17(15)12-18/h2-13,20,24H,1H3,(H,22,23). The first-order valence-electron chi connectivity index (χ1n) is 7.99. The van der Waals surface area contributed by atoms with E-state index in [-0.39, 0.29) is 0 Å². The van der Waals surface area contributed by atoms with E-state index < -0.39 is 6.10 Å². The molecule has 0 aliphatic carbocycles. The van der Waals surface area contributed by atoms with E-state index in [1.54, 1.807) is 6.20 Å². The number of aryl methyl sites for hydroxylation is 1. The van der Waals surface area contributed by atoms with Crippen molar-refractivity contribution in [3.8, 4) is 11.3 Å². The molecule has 0 fully saturated rings. The summed E-state index contributed by atoms with van der Waals surface area (Å²) in [5.74, 6) is 0.557. The third kappa shape index (κ3) is 2.70. The van der Waals surface area contributed by atoms with Crippen molar-refractivity contribution in [2.24, 2.45) is 0 Å². The number of hydrogen-bond acceptors (Lipinski definition) is 2. The lowest BCUT2D eigenvalue weighted by atomic mass is 10.1. The molecule has 0 aliphatic heterocycles. The Labute approximate surface area is 140 Å². The largest absolute Gasteiger partial charge is 0.380 e. The van der Waals surface area contributed by atoms with Crippen LogP contribution in [0.4, 0.5) is 0 Å². The number of rotatable bonds is 3. The Hall–Kier alpha value is -2.91. The van der Waals surface area contributed by atoms with Crippen molar-refractivity contribution in [2.75, 3.05) is 0 Å². The number of benzene rings is 3. The number of aromatic nitrogens is 2. The second-order valence-corrected chi connectivity index (χ2v) is 6.06. The molecule has 3 aromatic carbocycles. The summed E-state index contributed by atoms with van der Waals surface area (Å²) in [6, 6.07) is 22.4. The van der Waals surface area contributed by atoms with Gasteiger partial charge in [-0.2, -0.15) is 0 Å². The predicted molar refractivity (Wildman–Crippen MR) is 96.8 cm³/mol. The van der Waals surface area contributed by atoms with Gasteiger partial charge in [-0.25, -0.2) is 4.98 Å². The van der Waals surface area contributed by atoms with Gasteiger partial charge in [0.2, 0.25) is 0 Å². The van der Waals surface area contributed by atoms with Gasteiger partial charge in [-0.3, -0.25) is 0 Å². The fourth-order valence-corrected chi connectivity index (χ4v) is 2.89. The molecule has 0 saturated carbocycles. The van der Waals surface area contributed by atoms with E-state index >= 15 is 0 Å². The van der Waals surface area contributed by atoms with E-state index in [4.69, 9.17) is 0 Å². The number of nitrogens with zero attached hydrogens (tertiary/aromatic N) is 1. The van der Waals surface area contributed by atoms with Crippen LogP contribution in [0.2, 0.25) is 0 Å². The van der Waals surface area contributed by atoms with Crippen molar-refractivity contribution >= 4 is 10.8 Å². The minimum absolute atomic E-state index is 0.557. The Morgan fingerprint density at radius 1 is 0.917 bits per heavy atom. The van der Waals surface area contributed by atoms with Gasteiger partial charge in [0.15, 0.2) is 0 Å². The molecule has 0 spiro atoms. The monoisotopic (exact) mass is 314 g/mol. The van der Waals surface area contributed by atoms with Crippen molar-refractivity contribution in [3.63, 3.8) is 0 Å². The molecular formula is C21H18N2O. The van der Waals surface area contributed by atoms with Gasteiger partial charge in [0.1, 0.15) is 11.9 Å². The van der Waals surface area contributed by atoms with Gasteiger partial charge >= 0.3 is 0 Å². The average Bonchev–Trinajstić information content (AvgIpc) is 3.11. The number of aliphatic hydroxyl groups is 1. The maximum Gasteiger partial charge on any atom is 0.140 e. The van der Waals surface area contributed by atoms with Gasteiger partial charge in [0.25, 0.3) is 0 Å². The smallest absolute Gasteiger partial charge is 0.140 e. The van der Waals surface area contributed by atoms with Gasteiger partial charge < -0.3 is 10.1 Å². The zero-order chi connectivity index (χ0) is 16.5. The Balaban J connectivity index is 1.67. The molecule has 1 aromatic heterocycles. The molecular weight excluding hydrogens is 296 g/mol. The number of H-pyrrole nitrogens is 1. The summed E-state index contributed by atoms with van der Waals surface area (Å²) >= 11 is 0. The van der Waals surface area contributed by atoms with Crippen molar-refractivity contribution in [2.45, 2.75) is 13.0 Å². The van der Waals surface area contributed by atoms with Crippen LogP contribution in [0.1, 0.15) is 23.1 Å². The van der Waals surface area contributed by atoms with Crippen LogP contribution in [0.25, 0.3) is 22.0 Å². The zero-order valence-electron chi connectivity index (χ0n) is 13.4. The summed E-state index contributed by atoms with van der Waals surface area (Å²) in [5.41, 5.74) is 3.97. The highest BCUT2D eigenvalue weighted by Crippen LogP contribution is 2.26. The number of imidazole rings is 1. The van der Waals surface area contributed by atoms with Gasteiger partial charge in [-0.1, -0.05) is 66.2 Å². The number of aliphatic hydroxyl groups excluding tert-OH is 1. The molecule has 1 heterocycles. The van der Waals surface area contributed by atoms with Crippen LogP contribution in [-0.2, 0) is 0 Å².